The summed E-state index contributed by atoms with van der Waals surface area (Å²) in [7, 11) is 2.06. The summed E-state index contributed by atoms with van der Waals surface area (Å²) in [5.41, 5.74) is 3.66. The van der Waals surface area contributed by atoms with Crippen LogP contribution in [0.25, 0.3) is 11.6 Å². The van der Waals surface area contributed by atoms with Crippen molar-refractivity contribution in [2.24, 2.45) is 0 Å². The van der Waals surface area contributed by atoms with Gasteiger partial charge in [0.2, 0.25) is 0 Å². The largest absolute Gasteiger partial charge is 0.336 e. The average Bonchev–Trinajstić information content (AvgIpc) is 2.84. The van der Waals surface area contributed by atoms with Gasteiger partial charge in [-0.3, -0.25) is 9.59 Å². The van der Waals surface area contributed by atoms with Crippen molar-refractivity contribution in [3.05, 3.63) is 102 Å². The van der Waals surface area contributed by atoms with E-state index < -0.39 is 0 Å². The molecule has 0 atom stereocenters. The van der Waals surface area contributed by atoms with Crippen molar-refractivity contribution in [3.8, 4) is 0 Å². The van der Waals surface area contributed by atoms with Gasteiger partial charge in [-0.05, 0) is 48.5 Å². The van der Waals surface area contributed by atoms with Crippen LogP contribution in [0.1, 0.15) is 21.5 Å². The van der Waals surface area contributed by atoms with Gasteiger partial charge in [0.05, 0.1) is 0 Å². The van der Waals surface area contributed by atoms with Gasteiger partial charge < -0.3 is 15.1 Å². The number of hydrogen-bond donors (Lipinski definition) is 1. The lowest BCUT2D eigenvalue weighted by Crippen LogP contribution is -2.47. The lowest BCUT2D eigenvalue weighted by atomic mass is 10.0. The van der Waals surface area contributed by atoms with E-state index in [1.165, 1.54) is 0 Å². The number of amides is 2. The van der Waals surface area contributed by atoms with Crippen molar-refractivity contribution < 1.29 is 9.59 Å². The van der Waals surface area contributed by atoms with E-state index >= 15 is 0 Å². The van der Waals surface area contributed by atoms with E-state index in [9.17, 15) is 9.59 Å². The predicted octanol–water partition coefficient (Wildman–Crippen LogP) is 4.25. The second-order valence-electron chi connectivity index (χ2n) is 7.96. The first-order valence-corrected chi connectivity index (χ1v) is 10.8. The van der Waals surface area contributed by atoms with E-state index in [0.717, 1.165) is 37.3 Å². The zero-order chi connectivity index (χ0) is 22.3. The molecule has 162 valence electrons. The van der Waals surface area contributed by atoms with Crippen molar-refractivity contribution in [1.82, 2.24) is 9.80 Å². The highest BCUT2D eigenvalue weighted by molar-refractivity contribution is 6.29. The van der Waals surface area contributed by atoms with Crippen LogP contribution in [0.2, 0.25) is 0 Å². The Morgan fingerprint density at radius 1 is 0.750 bits per heavy atom. The van der Waals surface area contributed by atoms with Crippen LogP contribution in [0.15, 0.2) is 84.9 Å². The molecule has 0 aliphatic carbocycles. The quantitative estimate of drug-likeness (QED) is 0.491. The van der Waals surface area contributed by atoms with E-state index in [2.05, 4.69) is 17.3 Å². The Morgan fingerprint density at radius 2 is 1.34 bits per heavy atom. The van der Waals surface area contributed by atoms with Gasteiger partial charge >= 0.3 is 0 Å². The Bertz CT molecular complexity index is 1080. The molecule has 5 nitrogen and oxygen atoms in total. The van der Waals surface area contributed by atoms with Crippen molar-refractivity contribution in [2.75, 3.05) is 38.5 Å². The van der Waals surface area contributed by atoms with Crippen LogP contribution in [-0.2, 0) is 4.79 Å². The van der Waals surface area contributed by atoms with Crippen molar-refractivity contribution in [1.29, 1.82) is 0 Å². The molecule has 1 N–H and O–H groups in total. The topological polar surface area (TPSA) is 52.6 Å². The molecular formula is C27H27N3O2. The van der Waals surface area contributed by atoms with Gasteiger partial charge in [-0.15, -0.1) is 0 Å². The minimum absolute atomic E-state index is 0.0323. The summed E-state index contributed by atoms with van der Waals surface area (Å²) in [5.74, 6) is -0.164. The Kier molecular flexibility index (Phi) is 6.78. The van der Waals surface area contributed by atoms with Gasteiger partial charge in [0, 0.05) is 43.0 Å². The number of rotatable bonds is 5. The molecule has 0 aromatic heterocycles. The molecule has 0 spiro atoms. The molecule has 1 heterocycles. The normalized spacial score (nSPS) is 14.8. The summed E-state index contributed by atoms with van der Waals surface area (Å²) in [6, 6.07) is 26.5. The Balaban J connectivity index is 1.50. The van der Waals surface area contributed by atoms with E-state index in [0.29, 0.717) is 16.8 Å². The standard InChI is InChI=1S/C27H27N3O2/c1-29-16-18-30(19-17-29)27(32)23-12-14-24(15-13-23)28-26(31)25(22-10-6-3-7-11-22)20-21-8-4-2-5-9-21/h2-15,20H,16-19H2,1H3,(H,28,31)/b25-20-. The maximum atomic E-state index is 13.2. The van der Waals surface area contributed by atoms with Gasteiger partial charge in [-0.2, -0.15) is 0 Å². The molecule has 1 saturated heterocycles. The van der Waals surface area contributed by atoms with Crippen LogP contribution in [0.3, 0.4) is 0 Å². The highest BCUT2D eigenvalue weighted by Crippen LogP contribution is 2.21. The van der Waals surface area contributed by atoms with Gasteiger partial charge in [0.25, 0.3) is 11.8 Å². The third kappa shape index (κ3) is 5.31. The smallest absolute Gasteiger partial charge is 0.256 e. The highest BCUT2D eigenvalue weighted by Gasteiger charge is 2.20. The van der Waals surface area contributed by atoms with Crippen LogP contribution < -0.4 is 5.32 Å². The fourth-order valence-electron chi connectivity index (χ4n) is 3.70. The lowest BCUT2D eigenvalue weighted by Gasteiger charge is -2.32. The molecule has 4 rings (SSSR count). The summed E-state index contributed by atoms with van der Waals surface area (Å²) in [5, 5.41) is 2.97. The maximum Gasteiger partial charge on any atom is 0.256 e. The molecule has 3 aromatic rings. The molecule has 1 fully saturated rings. The number of hydrogen-bond acceptors (Lipinski definition) is 3. The van der Waals surface area contributed by atoms with Crippen LogP contribution in [0.4, 0.5) is 5.69 Å². The molecule has 0 bridgehead atoms. The fraction of sp³-hybridized carbons (Fsp3) is 0.185. The van der Waals surface area contributed by atoms with Crippen molar-refractivity contribution >= 4 is 29.2 Å². The Morgan fingerprint density at radius 3 is 1.97 bits per heavy atom. The second kappa shape index (κ2) is 10.1. The fourth-order valence-corrected chi connectivity index (χ4v) is 3.70. The molecule has 5 heteroatoms. The third-order valence-corrected chi connectivity index (χ3v) is 5.62. The highest BCUT2D eigenvalue weighted by atomic mass is 16.2. The number of nitrogens with one attached hydrogen (secondary N) is 1. The Labute approximate surface area is 189 Å². The average molecular weight is 426 g/mol. The predicted molar refractivity (Wildman–Crippen MR) is 129 cm³/mol. The number of anilines is 1. The molecule has 1 aliphatic rings. The number of likely N-dealkylation sites (N-methyl/N-ethyl adjacent to an activating group) is 1. The lowest BCUT2D eigenvalue weighted by molar-refractivity contribution is -0.111. The summed E-state index contributed by atoms with van der Waals surface area (Å²) in [6.07, 6.45) is 1.88. The zero-order valence-corrected chi connectivity index (χ0v) is 18.2. The first-order valence-electron chi connectivity index (χ1n) is 10.8. The van der Waals surface area contributed by atoms with Crippen LogP contribution in [0.5, 0.6) is 0 Å². The Hall–Kier alpha value is -3.70. The molecule has 0 radical (unpaired) electrons. The van der Waals surface area contributed by atoms with Crippen LogP contribution >= 0.6 is 0 Å². The van der Waals surface area contributed by atoms with Crippen LogP contribution in [0, 0.1) is 0 Å². The van der Waals surface area contributed by atoms with Gasteiger partial charge in [-0.1, -0.05) is 60.7 Å². The summed E-state index contributed by atoms with van der Waals surface area (Å²) in [6.45, 7) is 3.24. The van der Waals surface area contributed by atoms with E-state index in [1.54, 1.807) is 24.3 Å². The van der Waals surface area contributed by atoms with Crippen LogP contribution in [-0.4, -0.2) is 54.8 Å². The van der Waals surface area contributed by atoms with E-state index in [4.69, 9.17) is 0 Å². The maximum absolute atomic E-state index is 13.2. The number of nitrogens with zero attached hydrogens (tertiary/aromatic N) is 2. The molecular weight excluding hydrogens is 398 g/mol. The van der Waals surface area contributed by atoms with Gasteiger partial charge in [0.15, 0.2) is 0 Å². The minimum atomic E-state index is -0.196. The summed E-state index contributed by atoms with van der Waals surface area (Å²) in [4.78, 5) is 30.0. The molecule has 1 aliphatic heterocycles. The zero-order valence-electron chi connectivity index (χ0n) is 18.2. The van der Waals surface area contributed by atoms with Crippen molar-refractivity contribution in [3.63, 3.8) is 0 Å². The SMILES string of the molecule is CN1CCN(C(=O)c2ccc(NC(=O)/C(=C\c3ccccc3)c3ccccc3)cc2)CC1. The summed E-state index contributed by atoms with van der Waals surface area (Å²) >= 11 is 0. The molecule has 2 amide bonds. The number of piperazine rings is 1. The first-order chi connectivity index (χ1) is 15.6. The third-order valence-electron chi connectivity index (χ3n) is 5.62. The monoisotopic (exact) mass is 425 g/mol. The number of carbonyl (C=O) groups excluding carboxylic acids is 2. The molecule has 0 unspecified atom stereocenters. The second-order valence-corrected chi connectivity index (χ2v) is 7.96. The minimum Gasteiger partial charge on any atom is -0.336 e. The molecule has 32 heavy (non-hydrogen) atoms. The van der Waals surface area contributed by atoms with Gasteiger partial charge in [0.1, 0.15) is 0 Å². The van der Waals surface area contributed by atoms with Crippen molar-refractivity contribution in [2.45, 2.75) is 0 Å². The van der Waals surface area contributed by atoms with E-state index in [1.807, 2.05) is 71.6 Å². The van der Waals surface area contributed by atoms with Gasteiger partial charge in [-0.25, -0.2) is 0 Å². The molecule has 0 saturated carbocycles. The van der Waals surface area contributed by atoms with E-state index in [-0.39, 0.29) is 11.8 Å². The number of benzene rings is 3. The molecule has 3 aromatic carbocycles. The summed E-state index contributed by atoms with van der Waals surface area (Å²) < 4.78 is 0. The first kappa shape index (κ1) is 21.5. The number of carbonyl (C=O) groups is 2.